The number of carbonyl (C=O) groups is 1. The summed E-state index contributed by atoms with van der Waals surface area (Å²) in [5.74, 6) is 0. The number of nitrogens with one attached hydrogen (secondary N) is 1. The van der Waals surface area contributed by atoms with E-state index in [0.717, 1.165) is 25.9 Å². The molecule has 1 rings (SSSR count). The number of hydrogen-bond donors (Lipinski definition) is 1. The Morgan fingerprint density at radius 3 is 3.25 bits per heavy atom. The van der Waals surface area contributed by atoms with Gasteiger partial charge in [-0.15, -0.1) is 0 Å². The van der Waals surface area contributed by atoms with Gasteiger partial charge in [0.2, 0.25) is 6.41 Å². The van der Waals surface area contributed by atoms with E-state index in [9.17, 15) is 4.79 Å². The largest absolute Gasteiger partial charge is 0.352 e. The molecule has 1 amide bonds. The summed E-state index contributed by atoms with van der Waals surface area (Å²) in [7, 11) is 0. The molecule has 0 unspecified atom stereocenters. The van der Waals surface area contributed by atoms with E-state index in [1.54, 1.807) is 0 Å². The molecule has 0 aliphatic carbocycles. The van der Waals surface area contributed by atoms with Crippen molar-refractivity contribution < 1.29 is 9.63 Å². The number of rotatable bonds is 5. The molecule has 4 heteroatoms. The van der Waals surface area contributed by atoms with Gasteiger partial charge in [0.05, 0.1) is 12.6 Å². The highest BCUT2D eigenvalue weighted by Crippen LogP contribution is 2.06. The van der Waals surface area contributed by atoms with Crippen molar-refractivity contribution in [1.29, 1.82) is 0 Å². The van der Waals surface area contributed by atoms with Crippen LogP contribution in [-0.4, -0.2) is 37.2 Å². The predicted octanol–water partition coefficient (Wildman–Crippen LogP) is 0.148. The van der Waals surface area contributed by atoms with Crippen LogP contribution in [0.25, 0.3) is 0 Å². The van der Waals surface area contributed by atoms with Crippen LogP contribution in [0.2, 0.25) is 0 Å². The number of hydrogen-bond acceptors (Lipinski definition) is 3. The molecular weight excluding hydrogens is 156 g/mol. The monoisotopic (exact) mass is 172 g/mol. The lowest BCUT2D eigenvalue weighted by Gasteiger charge is -2.12. The number of nitrogens with zero attached hydrogens (tertiary/aromatic N) is 1. The van der Waals surface area contributed by atoms with Crippen molar-refractivity contribution in [2.24, 2.45) is 0 Å². The van der Waals surface area contributed by atoms with Gasteiger partial charge in [0.25, 0.3) is 0 Å². The second-order valence-electron chi connectivity index (χ2n) is 3.02. The smallest absolute Gasteiger partial charge is 0.207 e. The van der Waals surface area contributed by atoms with E-state index in [4.69, 9.17) is 4.84 Å². The van der Waals surface area contributed by atoms with Crippen LogP contribution in [0.1, 0.15) is 19.8 Å². The molecule has 12 heavy (non-hydrogen) atoms. The summed E-state index contributed by atoms with van der Waals surface area (Å²) in [6.07, 6.45) is 3.05. The van der Waals surface area contributed by atoms with Gasteiger partial charge in [-0.05, 0) is 6.42 Å². The lowest BCUT2D eigenvalue weighted by atomic mass is 10.3. The van der Waals surface area contributed by atoms with E-state index < -0.39 is 0 Å². The quantitative estimate of drug-likeness (QED) is 0.600. The van der Waals surface area contributed by atoms with Gasteiger partial charge in [-0.3, -0.25) is 9.63 Å². The molecule has 0 saturated carbocycles. The highest BCUT2D eigenvalue weighted by atomic mass is 16.7. The second kappa shape index (κ2) is 5.11. The predicted molar refractivity (Wildman–Crippen MR) is 45.4 cm³/mol. The zero-order valence-electron chi connectivity index (χ0n) is 7.45. The molecule has 0 aromatic rings. The minimum atomic E-state index is 0.180. The average Bonchev–Trinajstić information content (AvgIpc) is 2.50. The highest BCUT2D eigenvalue weighted by molar-refractivity contribution is 5.46. The van der Waals surface area contributed by atoms with Crippen molar-refractivity contribution in [2.45, 2.75) is 25.8 Å². The Balaban J connectivity index is 2.12. The topological polar surface area (TPSA) is 41.6 Å². The third-order valence-electron chi connectivity index (χ3n) is 1.95. The van der Waals surface area contributed by atoms with Crippen molar-refractivity contribution >= 4 is 6.41 Å². The fourth-order valence-corrected chi connectivity index (χ4v) is 1.23. The summed E-state index contributed by atoms with van der Waals surface area (Å²) in [5.41, 5.74) is 0. The van der Waals surface area contributed by atoms with Gasteiger partial charge in [0.15, 0.2) is 0 Å². The molecule has 1 N–H and O–H groups in total. The van der Waals surface area contributed by atoms with Crippen molar-refractivity contribution in [3.8, 4) is 0 Å². The Hall–Kier alpha value is -0.610. The summed E-state index contributed by atoms with van der Waals surface area (Å²) in [4.78, 5) is 15.4. The van der Waals surface area contributed by atoms with Gasteiger partial charge in [0.1, 0.15) is 0 Å². The summed E-state index contributed by atoms with van der Waals surface area (Å²) >= 11 is 0. The number of amides is 1. The van der Waals surface area contributed by atoms with Crippen LogP contribution in [0.4, 0.5) is 0 Å². The maximum Gasteiger partial charge on any atom is 0.207 e. The first-order chi connectivity index (χ1) is 5.86. The third-order valence-corrected chi connectivity index (χ3v) is 1.95. The van der Waals surface area contributed by atoms with Gasteiger partial charge in [-0.1, -0.05) is 13.3 Å². The summed E-state index contributed by atoms with van der Waals surface area (Å²) in [6, 6.07) is 0.180. The Bertz CT molecular complexity index is 141. The molecule has 1 atom stereocenters. The van der Waals surface area contributed by atoms with E-state index in [-0.39, 0.29) is 6.04 Å². The lowest BCUT2D eigenvalue weighted by molar-refractivity contribution is -0.111. The Morgan fingerprint density at radius 2 is 2.58 bits per heavy atom. The molecule has 1 aliphatic heterocycles. The SMILES string of the molecule is CCCCN1C[C@@H](NC=O)CO1. The molecule has 4 nitrogen and oxygen atoms in total. The molecule has 1 heterocycles. The number of unbranched alkanes of at least 4 members (excludes halogenated alkanes) is 1. The van der Waals surface area contributed by atoms with E-state index in [1.807, 2.05) is 5.06 Å². The zero-order valence-corrected chi connectivity index (χ0v) is 7.45. The first-order valence-corrected chi connectivity index (χ1v) is 4.44. The molecule has 1 saturated heterocycles. The lowest BCUT2D eigenvalue weighted by Crippen LogP contribution is -2.33. The first-order valence-electron chi connectivity index (χ1n) is 4.44. The maximum atomic E-state index is 10.1. The Kier molecular flexibility index (Phi) is 4.04. The van der Waals surface area contributed by atoms with Crippen molar-refractivity contribution in [1.82, 2.24) is 10.4 Å². The summed E-state index contributed by atoms with van der Waals surface area (Å²) in [5, 5.41) is 4.62. The third kappa shape index (κ3) is 2.79. The van der Waals surface area contributed by atoms with Crippen molar-refractivity contribution in [2.75, 3.05) is 19.7 Å². The normalized spacial score (nSPS) is 24.2. The van der Waals surface area contributed by atoms with E-state index in [0.29, 0.717) is 6.61 Å². The fourth-order valence-electron chi connectivity index (χ4n) is 1.23. The molecule has 0 spiro atoms. The molecule has 0 bridgehead atoms. The first kappa shape index (κ1) is 9.48. The van der Waals surface area contributed by atoms with E-state index in [1.165, 1.54) is 6.42 Å². The molecule has 1 aliphatic rings. The van der Waals surface area contributed by atoms with Crippen LogP contribution < -0.4 is 5.32 Å². The van der Waals surface area contributed by atoms with E-state index in [2.05, 4.69) is 12.2 Å². The van der Waals surface area contributed by atoms with Gasteiger partial charge < -0.3 is 5.32 Å². The standard InChI is InChI=1S/C8H16N2O2/c1-2-3-4-10-5-8(6-12-10)9-7-11/h7-8H,2-6H2,1H3,(H,9,11)/t8-/m1/s1. The Morgan fingerprint density at radius 1 is 1.75 bits per heavy atom. The van der Waals surface area contributed by atoms with Crippen LogP contribution in [0.15, 0.2) is 0 Å². The molecule has 1 fully saturated rings. The number of hydroxylamine groups is 2. The van der Waals surface area contributed by atoms with Crippen LogP contribution >= 0.6 is 0 Å². The minimum Gasteiger partial charge on any atom is -0.352 e. The summed E-state index contributed by atoms with van der Waals surface area (Å²) < 4.78 is 0. The molecular formula is C8H16N2O2. The van der Waals surface area contributed by atoms with Gasteiger partial charge in [0, 0.05) is 13.1 Å². The Labute approximate surface area is 72.8 Å². The number of carbonyl (C=O) groups excluding carboxylic acids is 1. The van der Waals surface area contributed by atoms with Gasteiger partial charge in [-0.2, -0.15) is 5.06 Å². The zero-order chi connectivity index (χ0) is 8.81. The fraction of sp³-hybridized carbons (Fsp3) is 0.875. The second-order valence-corrected chi connectivity index (χ2v) is 3.02. The van der Waals surface area contributed by atoms with Gasteiger partial charge >= 0.3 is 0 Å². The molecule has 70 valence electrons. The highest BCUT2D eigenvalue weighted by Gasteiger charge is 2.21. The van der Waals surface area contributed by atoms with Crippen molar-refractivity contribution in [3.63, 3.8) is 0 Å². The average molecular weight is 172 g/mol. The van der Waals surface area contributed by atoms with Crippen LogP contribution in [-0.2, 0) is 9.63 Å². The van der Waals surface area contributed by atoms with Crippen LogP contribution in [0.3, 0.4) is 0 Å². The maximum absolute atomic E-state index is 10.1. The van der Waals surface area contributed by atoms with E-state index >= 15 is 0 Å². The van der Waals surface area contributed by atoms with Crippen LogP contribution in [0.5, 0.6) is 0 Å². The minimum absolute atomic E-state index is 0.180. The molecule has 0 radical (unpaired) electrons. The van der Waals surface area contributed by atoms with Crippen LogP contribution in [0, 0.1) is 0 Å². The van der Waals surface area contributed by atoms with Gasteiger partial charge in [-0.25, -0.2) is 0 Å². The molecule has 0 aromatic carbocycles. The summed E-state index contributed by atoms with van der Waals surface area (Å²) in [6.45, 7) is 4.55. The molecule has 0 aromatic heterocycles. The van der Waals surface area contributed by atoms with Crippen molar-refractivity contribution in [3.05, 3.63) is 0 Å².